The first kappa shape index (κ1) is 12.0. The molecule has 1 fully saturated rings. The lowest BCUT2D eigenvalue weighted by atomic mass is 10.1. The van der Waals surface area contributed by atoms with Crippen LogP contribution in [-0.2, 0) is 16.0 Å². The van der Waals surface area contributed by atoms with Crippen molar-refractivity contribution in [3.8, 4) is 0 Å². The van der Waals surface area contributed by atoms with Crippen LogP contribution in [0.3, 0.4) is 0 Å². The third kappa shape index (κ3) is 2.82. The van der Waals surface area contributed by atoms with Gasteiger partial charge in [-0.25, -0.2) is 4.98 Å². The molecule has 5 nitrogen and oxygen atoms in total. The van der Waals surface area contributed by atoms with Gasteiger partial charge >= 0.3 is 5.97 Å². The van der Waals surface area contributed by atoms with Crippen LogP contribution in [-0.4, -0.2) is 40.0 Å². The first-order valence-corrected chi connectivity index (χ1v) is 6.36. The molecular weight excluding hydrogens is 240 g/mol. The summed E-state index contributed by atoms with van der Waals surface area (Å²) in [6.45, 7) is 3.04. The number of rotatable bonds is 3. The van der Waals surface area contributed by atoms with Crippen molar-refractivity contribution in [1.29, 1.82) is 0 Å². The Morgan fingerprint density at radius 2 is 2.41 bits per heavy atom. The van der Waals surface area contributed by atoms with Gasteiger partial charge in [-0.1, -0.05) is 0 Å². The van der Waals surface area contributed by atoms with E-state index in [2.05, 4.69) is 4.98 Å². The minimum absolute atomic E-state index is 0.0281. The molecule has 0 spiro atoms. The summed E-state index contributed by atoms with van der Waals surface area (Å²) < 4.78 is 0. The summed E-state index contributed by atoms with van der Waals surface area (Å²) in [6.07, 6.45) is 0.888. The summed E-state index contributed by atoms with van der Waals surface area (Å²) in [6, 6.07) is 0. The Kier molecular flexibility index (Phi) is 3.42. The number of nitrogens with zero attached hydrogens (tertiary/aromatic N) is 2. The van der Waals surface area contributed by atoms with Crippen LogP contribution in [0.15, 0.2) is 5.38 Å². The summed E-state index contributed by atoms with van der Waals surface area (Å²) in [4.78, 5) is 27.9. The van der Waals surface area contributed by atoms with Gasteiger partial charge in [-0.2, -0.15) is 0 Å². The highest BCUT2D eigenvalue weighted by molar-refractivity contribution is 7.09. The van der Waals surface area contributed by atoms with Gasteiger partial charge in [-0.15, -0.1) is 11.3 Å². The molecular formula is C11H14N2O3S. The molecule has 0 aromatic carbocycles. The molecule has 1 unspecified atom stereocenters. The van der Waals surface area contributed by atoms with E-state index in [-0.39, 0.29) is 18.2 Å². The number of hydrogen-bond donors (Lipinski definition) is 1. The maximum atomic E-state index is 11.2. The second-order valence-electron chi connectivity index (χ2n) is 4.20. The minimum atomic E-state index is -0.862. The van der Waals surface area contributed by atoms with Gasteiger partial charge in [0.15, 0.2) is 0 Å². The van der Waals surface area contributed by atoms with Gasteiger partial charge in [0, 0.05) is 31.3 Å². The molecule has 17 heavy (non-hydrogen) atoms. The van der Waals surface area contributed by atoms with E-state index >= 15 is 0 Å². The zero-order chi connectivity index (χ0) is 12.4. The number of likely N-dealkylation sites (tertiary alicyclic amines) is 1. The highest BCUT2D eigenvalue weighted by Crippen LogP contribution is 2.29. The molecule has 1 N–H and O–H groups in total. The van der Waals surface area contributed by atoms with Crippen LogP contribution in [0.25, 0.3) is 0 Å². The van der Waals surface area contributed by atoms with Crippen LogP contribution < -0.4 is 0 Å². The number of aliphatic carboxylic acids is 1. The lowest BCUT2D eigenvalue weighted by molar-refractivity contribution is -0.136. The maximum absolute atomic E-state index is 11.2. The SMILES string of the molecule is CC(=O)N1CCC(c2nc(CC(=O)O)cs2)C1. The zero-order valence-electron chi connectivity index (χ0n) is 9.55. The number of aromatic nitrogens is 1. The molecule has 1 atom stereocenters. The fourth-order valence-corrected chi connectivity index (χ4v) is 2.94. The van der Waals surface area contributed by atoms with E-state index in [1.54, 1.807) is 12.3 Å². The van der Waals surface area contributed by atoms with E-state index in [0.717, 1.165) is 18.0 Å². The number of carbonyl (C=O) groups excluding carboxylic acids is 1. The van der Waals surface area contributed by atoms with Gasteiger partial charge < -0.3 is 10.0 Å². The molecule has 2 heterocycles. The molecule has 1 aromatic rings. The van der Waals surface area contributed by atoms with Crippen molar-refractivity contribution < 1.29 is 14.7 Å². The van der Waals surface area contributed by atoms with E-state index < -0.39 is 5.97 Å². The zero-order valence-corrected chi connectivity index (χ0v) is 10.4. The van der Waals surface area contributed by atoms with Gasteiger partial charge in [-0.3, -0.25) is 9.59 Å². The molecule has 1 saturated heterocycles. The first-order chi connectivity index (χ1) is 8.06. The number of carboxylic acid groups (broad SMARTS) is 1. The van der Waals surface area contributed by atoms with E-state index in [1.165, 1.54) is 11.3 Å². The molecule has 0 radical (unpaired) electrons. The molecule has 0 aliphatic carbocycles. The molecule has 1 aliphatic heterocycles. The Hall–Kier alpha value is -1.43. The highest BCUT2D eigenvalue weighted by Gasteiger charge is 2.27. The Morgan fingerprint density at radius 1 is 1.65 bits per heavy atom. The van der Waals surface area contributed by atoms with Crippen LogP contribution >= 0.6 is 11.3 Å². The third-order valence-corrected chi connectivity index (χ3v) is 3.94. The van der Waals surface area contributed by atoms with Crippen molar-refractivity contribution in [2.24, 2.45) is 0 Å². The number of carboxylic acids is 1. The minimum Gasteiger partial charge on any atom is -0.481 e. The fraction of sp³-hybridized carbons (Fsp3) is 0.545. The van der Waals surface area contributed by atoms with Crippen molar-refractivity contribution in [2.75, 3.05) is 13.1 Å². The second kappa shape index (κ2) is 4.83. The molecule has 0 saturated carbocycles. The lowest BCUT2D eigenvalue weighted by Gasteiger charge is -2.12. The fourth-order valence-electron chi connectivity index (χ4n) is 1.99. The van der Waals surface area contributed by atoms with Gasteiger partial charge in [0.25, 0.3) is 0 Å². The summed E-state index contributed by atoms with van der Waals surface area (Å²) >= 11 is 1.49. The molecule has 1 aromatic heterocycles. The third-order valence-electron chi connectivity index (χ3n) is 2.88. The summed E-state index contributed by atoms with van der Waals surface area (Å²) in [5, 5.41) is 11.4. The van der Waals surface area contributed by atoms with Gasteiger partial charge in [0.2, 0.25) is 5.91 Å². The van der Waals surface area contributed by atoms with Gasteiger partial charge in [-0.05, 0) is 6.42 Å². The predicted molar refractivity (Wildman–Crippen MR) is 63.1 cm³/mol. The topological polar surface area (TPSA) is 70.5 Å². The Labute approximate surface area is 103 Å². The molecule has 6 heteroatoms. The predicted octanol–water partition coefficient (Wildman–Crippen LogP) is 1.11. The maximum Gasteiger partial charge on any atom is 0.309 e. The van der Waals surface area contributed by atoms with Crippen molar-refractivity contribution in [2.45, 2.75) is 25.7 Å². The Balaban J connectivity index is 2.01. The Morgan fingerprint density at radius 3 is 3.00 bits per heavy atom. The normalized spacial score (nSPS) is 19.6. The van der Waals surface area contributed by atoms with E-state index in [0.29, 0.717) is 12.2 Å². The average Bonchev–Trinajstić information content (AvgIpc) is 2.83. The highest BCUT2D eigenvalue weighted by atomic mass is 32.1. The van der Waals surface area contributed by atoms with Crippen LogP contribution in [0.5, 0.6) is 0 Å². The first-order valence-electron chi connectivity index (χ1n) is 5.48. The number of amides is 1. The Bertz CT molecular complexity index is 444. The van der Waals surface area contributed by atoms with Crippen LogP contribution in [0.2, 0.25) is 0 Å². The average molecular weight is 254 g/mol. The van der Waals surface area contributed by atoms with Crippen molar-refractivity contribution in [1.82, 2.24) is 9.88 Å². The quantitative estimate of drug-likeness (QED) is 0.877. The van der Waals surface area contributed by atoms with Crippen molar-refractivity contribution >= 4 is 23.2 Å². The summed E-state index contributed by atoms with van der Waals surface area (Å²) in [7, 11) is 0. The second-order valence-corrected chi connectivity index (χ2v) is 5.09. The molecule has 0 bridgehead atoms. The van der Waals surface area contributed by atoms with E-state index in [9.17, 15) is 9.59 Å². The van der Waals surface area contributed by atoms with Gasteiger partial charge in [0.05, 0.1) is 17.1 Å². The molecule has 1 aliphatic rings. The standard InChI is InChI=1S/C11H14N2O3S/c1-7(14)13-3-2-8(5-13)11-12-9(6-17-11)4-10(15)16/h6,8H,2-5H2,1H3,(H,15,16). The molecule has 1 amide bonds. The monoisotopic (exact) mass is 254 g/mol. The lowest BCUT2D eigenvalue weighted by Crippen LogP contribution is -2.25. The largest absolute Gasteiger partial charge is 0.481 e. The van der Waals surface area contributed by atoms with Crippen LogP contribution in [0, 0.1) is 0 Å². The van der Waals surface area contributed by atoms with Crippen LogP contribution in [0.4, 0.5) is 0 Å². The summed E-state index contributed by atoms with van der Waals surface area (Å²) in [5.41, 5.74) is 0.610. The number of carbonyl (C=O) groups is 2. The molecule has 2 rings (SSSR count). The number of hydrogen-bond acceptors (Lipinski definition) is 4. The smallest absolute Gasteiger partial charge is 0.309 e. The van der Waals surface area contributed by atoms with Crippen molar-refractivity contribution in [3.05, 3.63) is 16.1 Å². The van der Waals surface area contributed by atoms with Crippen LogP contribution in [0.1, 0.15) is 30.0 Å². The van der Waals surface area contributed by atoms with Gasteiger partial charge in [0.1, 0.15) is 0 Å². The number of thiazole rings is 1. The van der Waals surface area contributed by atoms with Crippen molar-refractivity contribution in [3.63, 3.8) is 0 Å². The summed E-state index contributed by atoms with van der Waals surface area (Å²) in [5.74, 6) is -0.500. The molecule has 92 valence electrons. The van der Waals surface area contributed by atoms with E-state index in [4.69, 9.17) is 5.11 Å². The van der Waals surface area contributed by atoms with E-state index in [1.807, 2.05) is 4.90 Å².